The summed E-state index contributed by atoms with van der Waals surface area (Å²) in [5.41, 5.74) is -0.921. The van der Waals surface area contributed by atoms with Crippen molar-refractivity contribution >= 4 is 17.5 Å². The third kappa shape index (κ3) is 5.49. The largest absolute Gasteiger partial charge is 0.484 e. The Kier molecular flexibility index (Phi) is 5.63. The van der Waals surface area contributed by atoms with E-state index >= 15 is 0 Å². The molecule has 0 aliphatic rings. The molecule has 0 aliphatic carbocycles. The van der Waals surface area contributed by atoms with Gasteiger partial charge in [-0.25, -0.2) is 0 Å². The summed E-state index contributed by atoms with van der Waals surface area (Å²) < 4.78 is 5.30. The van der Waals surface area contributed by atoms with Gasteiger partial charge in [-0.15, -0.1) is 0 Å². The number of rotatable bonds is 6. The minimum absolute atomic E-state index is 0.0602. The van der Waals surface area contributed by atoms with Crippen LogP contribution in [0.5, 0.6) is 5.75 Å². The minimum Gasteiger partial charge on any atom is -0.484 e. The molecule has 0 saturated carbocycles. The highest BCUT2D eigenvalue weighted by Crippen LogP contribution is 2.16. The van der Waals surface area contributed by atoms with E-state index in [4.69, 9.17) is 16.3 Å². The maximum Gasteiger partial charge on any atom is 0.258 e. The number of amides is 1. The van der Waals surface area contributed by atoms with Crippen LogP contribution in [-0.4, -0.2) is 29.8 Å². The summed E-state index contributed by atoms with van der Waals surface area (Å²) in [6, 6.07) is 6.77. The summed E-state index contributed by atoms with van der Waals surface area (Å²) in [6.07, 6.45) is 0. The lowest BCUT2D eigenvalue weighted by Crippen LogP contribution is -2.45. The molecule has 1 aromatic rings. The van der Waals surface area contributed by atoms with Crippen LogP contribution in [0.15, 0.2) is 24.3 Å². The molecular weight excluding hydrogens is 266 g/mol. The number of nitrogens with one attached hydrogen (secondary N) is 1. The quantitative estimate of drug-likeness (QED) is 0.843. The van der Waals surface area contributed by atoms with Crippen LogP contribution in [0, 0.1) is 5.92 Å². The Morgan fingerprint density at radius 3 is 2.53 bits per heavy atom. The first-order valence-corrected chi connectivity index (χ1v) is 6.56. The van der Waals surface area contributed by atoms with Crippen LogP contribution >= 0.6 is 11.6 Å². The van der Waals surface area contributed by atoms with Crippen LogP contribution in [0.25, 0.3) is 0 Å². The van der Waals surface area contributed by atoms with Crippen LogP contribution in [0.4, 0.5) is 0 Å². The van der Waals surface area contributed by atoms with Gasteiger partial charge in [0.15, 0.2) is 6.61 Å². The normalized spacial score (nSPS) is 14.0. The van der Waals surface area contributed by atoms with Crippen LogP contribution in [0.3, 0.4) is 0 Å². The van der Waals surface area contributed by atoms with E-state index in [2.05, 4.69) is 5.32 Å². The van der Waals surface area contributed by atoms with E-state index in [0.717, 1.165) is 0 Å². The zero-order valence-corrected chi connectivity index (χ0v) is 12.2. The maximum atomic E-state index is 11.6. The molecule has 106 valence electrons. The molecule has 0 aromatic heterocycles. The van der Waals surface area contributed by atoms with Crippen molar-refractivity contribution in [3.8, 4) is 5.75 Å². The van der Waals surface area contributed by atoms with E-state index in [9.17, 15) is 9.90 Å². The van der Waals surface area contributed by atoms with E-state index in [1.54, 1.807) is 31.2 Å². The number of hydrogen-bond acceptors (Lipinski definition) is 3. The van der Waals surface area contributed by atoms with Crippen molar-refractivity contribution in [1.29, 1.82) is 0 Å². The SMILES string of the molecule is CC(C)C(C)(O)CNC(=O)COc1ccc(Cl)cc1. The molecule has 5 heteroatoms. The fourth-order valence-corrected chi connectivity index (χ4v) is 1.34. The minimum atomic E-state index is -0.921. The number of benzene rings is 1. The first kappa shape index (κ1) is 15.8. The first-order valence-electron chi connectivity index (χ1n) is 6.18. The Labute approximate surface area is 118 Å². The van der Waals surface area contributed by atoms with Crippen molar-refractivity contribution < 1.29 is 14.6 Å². The molecule has 0 fully saturated rings. The maximum absolute atomic E-state index is 11.6. The zero-order chi connectivity index (χ0) is 14.5. The molecule has 1 unspecified atom stereocenters. The van der Waals surface area contributed by atoms with Gasteiger partial charge in [-0.2, -0.15) is 0 Å². The molecule has 1 atom stereocenters. The number of ether oxygens (including phenoxy) is 1. The highest BCUT2D eigenvalue weighted by molar-refractivity contribution is 6.30. The van der Waals surface area contributed by atoms with Gasteiger partial charge in [-0.1, -0.05) is 25.4 Å². The molecule has 0 spiro atoms. The van der Waals surface area contributed by atoms with E-state index in [1.165, 1.54) is 0 Å². The lowest BCUT2D eigenvalue weighted by atomic mass is 9.93. The van der Waals surface area contributed by atoms with Crippen molar-refractivity contribution in [1.82, 2.24) is 5.32 Å². The van der Waals surface area contributed by atoms with Gasteiger partial charge >= 0.3 is 0 Å². The summed E-state index contributed by atoms with van der Waals surface area (Å²) in [6.45, 7) is 5.61. The second kappa shape index (κ2) is 6.78. The van der Waals surface area contributed by atoms with Crippen LogP contribution < -0.4 is 10.1 Å². The monoisotopic (exact) mass is 285 g/mol. The van der Waals surface area contributed by atoms with Gasteiger partial charge in [0.05, 0.1) is 5.60 Å². The smallest absolute Gasteiger partial charge is 0.258 e. The molecule has 2 N–H and O–H groups in total. The van der Waals surface area contributed by atoms with E-state index in [-0.39, 0.29) is 25.0 Å². The Morgan fingerprint density at radius 1 is 1.42 bits per heavy atom. The van der Waals surface area contributed by atoms with Crippen LogP contribution in [-0.2, 0) is 4.79 Å². The summed E-state index contributed by atoms with van der Waals surface area (Å²) in [5, 5.41) is 13.2. The predicted octanol–water partition coefficient (Wildman–Crippen LogP) is 2.24. The fourth-order valence-electron chi connectivity index (χ4n) is 1.21. The zero-order valence-electron chi connectivity index (χ0n) is 11.4. The van der Waals surface area contributed by atoms with Gasteiger partial charge < -0.3 is 15.2 Å². The highest BCUT2D eigenvalue weighted by atomic mass is 35.5. The molecule has 19 heavy (non-hydrogen) atoms. The molecule has 0 bridgehead atoms. The van der Waals surface area contributed by atoms with Crippen molar-refractivity contribution in [2.45, 2.75) is 26.4 Å². The Morgan fingerprint density at radius 2 is 2.00 bits per heavy atom. The Bertz CT molecular complexity index is 415. The topological polar surface area (TPSA) is 58.6 Å². The summed E-state index contributed by atoms with van der Waals surface area (Å²) in [7, 11) is 0. The molecule has 1 rings (SSSR count). The fraction of sp³-hybridized carbons (Fsp3) is 0.500. The van der Waals surface area contributed by atoms with Crippen LogP contribution in [0.1, 0.15) is 20.8 Å². The van der Waals surface area contributed by atoms with Gasteiger partial charge in [-0.3, -0.25) is 4.79 Å². The first-order chi connectivity index (χ1) is 8.81. The van der Waals surface area contributed by atoms with Gasteiger partial charge in [0.1, 0.15) is 5.75 Å². The summed E-state index contributed by atoms with van der Waals surface area (Å²) in [4.78, 5) is 11.6. The number of carbonyl (C=O) groups excluding carboxylic acids is 1. The second-order valence-corrected chi connectivity index (χ2v) is 5.47. The average molecular weight is 286 g/mol. The highest BCUT2D eigenvalue weighted by Gasteiger charge is 2.25. The third-order valence-electron chi connectivity index (χ3n) is 3.07. The summed E-state index contributed by atoms with van der Waals surface area (Å²) in [5.74, 6) is 0.371. The van der Waals surface area contributed by atoms with Gasteiger partial charge in [-0.05, 0) is 37.1 Å². The molecule has 0 radical (unpaired) electrons. The molecule has 4 nitrogen and oxygen atoms in total. The standard InChI is InChI=1S/C14H20ClNO3/c1-10(2)14(3,18)9-16-13(17)8-19-12-6-4-11(15)5-7-12/h4-7,10,18H,8-9H2,1-3H3,(H,16,17). The van der Waals surface area contributed by atoms with Crippen LogP contribution in [0.2, 0.25) is 5.02 Å². The molecular formula is C14H20ClNO3. The lowest BCUT2D eigenvalue weighted by molar-refractivity contribution is -0.124. The van der Waals surface area contributed by atoms with Gasteiger partial charge in [0, 0.05) is 11.6 Å². The number of hydrogen-bond donors (Lipinski definition) is 2. The third-order valence-corrected chi connectivity index (χ3v) is 3.32. The van der Waals surface area contributed by atoms with E-state index in [1.807, 2.05) is 13.8 Å². The molecule has 0 aliphatic heterocycles. The average Bonchev–Trinajstić information content (AvgIpc) is 2.35. The molecule has 0 saturated heterocycles. The van der Waals surface area contributed by atoms with Gasteiger partial charge in [0.25, 0.3) is 5.91 Å². The van der Waals surface area contributed by atoms with Crippen molar-refractivity contribution in [3.63, 3.8) is 0 Å². The number of halogens is 1. The molecule has 1 amide bonds. The van der Waals surface area contributed by atoms with E-state index < -0.39 is 5.60 Å². The Hall–Kier alpha value is -1.26. The number of aliphatic hydroxyl groups is 1. The van der Waals surface area contributed by atoms with E-state index in [0.29, 0.717) is 10.8 Å². The number of carbonyl (C=O) groups is 1. The van der Waals surface area contributed by atoms with Crippen molar-refractivity contribution in [2.24, 2.45) is 5.92 Å². The van der Waals surface area contributed by atoms with Gasteiger partial charge in [0.2, 0.25) is 0 Å². The van der Waals surface area contributed by atoms with Crippen molar-refractivity contribution in [2.75, 3.05) is 13.2 Å². The second-order valence-electron chi connectivity index (χ2n) is 5.03. The Balaban J connectivity index is 2.34. The summed E-state index contributed by atoms with van der Waals surface area (Å²) >= 11 is 5.74. The molecule has 1 aromatic carbocycles. The van der Waals surface area contributed by atoms with Crippen molar-refractivity contribution in [3.05, 3.63) is 29.3 Å². The predicted molar refractivity (Wildman–Crippen MR) is 75.4 cm³/mol. The molecule has 0 heterocycles. The lowest BCUT2D eigenvalue weighted by Gasteiger charge is -2.27.